The normalized spacial score (nSPS) is 12.1. The Morgan fingerprint density at radius 1 is 1.44 bits per heavy atom. The van der Waals surface area contributed by atoms with Crippen molar-refractivity contribution >= 4 is 5.97 Å². The molecule has 4 N–H and O–H groups in total. The van der Waals surface area contributed by atoms with Crippen LogP contribution in [0, 0.1) is 0 Å². The Kier molecular flexibility index (Phi) is 4.13. The average Bonchev–Trinajstić information content (AvgIpc) is 2.22. The van der Waals surface area contributed by atoms with Crippen LogP contribution in [-0.2, 0) is 9.53 Å². The minimum Gasteiger partial charge on any atom is -0.504 e. The topological polar surface area (TPSA) is 92.8 Å². The second kappa shape index (κ2) is 5.37. The standard InChI is InChI=1S/C11H15NO4/c1-2-16-11(15)6-8(12)7-3-4-9(13)10(14)5-7/h3-5,8,13-14H,2,6,12H2,1H3. The first kappa shape index (κ1) is 12.3. The lowest BCUT2D eigenvalue weighted by atomic mass is 10.0. The monoisotopic (exact) mass is 225 g/mol. The highest BCUT2D eigenvalue weighted by molar-refractivity contribution is 5.70. The van der Waals surface area contributed by atoms with E-state index in [9.17, 15) is 9.90 Å². The van der Waals surface area contributed by atoms with E-state index in [1.807, 2.05) is 0 Å². The molecule has 16 heavy (non-hydrogen) atoms. The van der Waals surface area contributed by atoms with Gasteiger partial charge in [0.25, 0.3) is 0 Å². The number of aromatic hydroxyl groups is 2. The van der Waals surface area contributed by atoms with Crippen LogP contribution in [0.5, 0.6) is 11.5 Å². The van der Waals surface area contributed by atoms with E-state index in [1.54, 1.807) is 13.0 Å². The van der Waals surface area contributed by atoms with Crippen molar-refractivity contribution in [3.63, 3.8) is 0 Å². The molecule has 1 aromatic rings. The van der Waals surface area contributed by atoms with Crippen molar-refractivity contribution in [1.29, 1.82) is 0 Å². The van der Waals surface area contributed by atoms with Gasteiger partial charge in [-0.2, -0.15) is 0 Å². The average molecular weight is 225 g/mol. The van der Waals surface area contributed by atoms with Crippen LogP contribution < -0.4 is 5.73 Å². The van der Waals surface area contributed by atoms with Gasteiger partial charge in [-0.1, -0.05) is 6.07 Å². The molecule has 0 amide bonds. The zero-order chi connectivity index (χ0) is 12.1. The zero-order valence-corrected chi connectivity index (χ0v) is 9.01. The third-order valence-corrected chi connectivity index (χ3v) is 2.12. The Labute approximate surface area is 93.5 Å². The summed E-state index contributed by atoms with van der Waals surface area (Å²) < 4.78 is 4.76. The quantitative estimate of drug-likeness (QED) is 0.526. The summed E-state index contributed by atoms with van der Waals surface area (Å²) in [6, 6.07) is 3.67. The van der Waals surface area contributed by atoms with Crippen LogP contribution in [0.1, 0.15) is 24.9 Å². The molecule has 0 spiro atoms. The van der Waals surface area contributed by atoms with Crippen molar-refractivity contribution in [3.05, 3.63) is 23.8 Å². The van der Waals surface area contributed by atoms with Gasteiger partial charge in [-0.3, -0.25) is 4.79 Å². The van der Waals surface area contributed by atoms with E-state index >= 15 is 0 Å². The van der Waals surface area contributed by atoms with Crippen molar-refractivity contribution in [1.82, 2.24) is 0 Å². The molecule has 0 aliphatic carbocycles. The van der Waals surface area contributed by atoms with Gasteiger partial charge in [0.05, 0.1) is 13.0 Å². The number of carbonyl (C=O) groups excluding carboxylic acids is 1. The summed E-state index contributed by atoms with van der Waals surface area (Å²) in [7, 11) is 0. The van der Waals surface area contributed by atoms with Crippen molar-refractivity contribution in [2.45, 2.75) is 19.4 Å². The molecular weight excluding hydrogens is 210 g/mol. The summed E-state index contributed by atoms with van der Waals surface area (Å²) in [4.78, 5) is 11.2. The molecule has 1 aromatic carbocycles. The molecule has 5 nitrogen and oxygen atoms in total. The van der Waals surface area contributed by atoms with Crippen molar-refractivity contribution in [2.75, 3.05) is 6.61 Å². The fourth-order valence-electron chi connectivity index (χ4n) is 1.29. The summed E-state index contributed by atoms with van der Waals surface area (Å²) in [6.45, 7) is 2.03. The van der Waals surface area contributed by atoms with Crippen LogP contribution in [0.25, 0.3) is 0 Å². The summed E-state index contributed by atoms with van der Waals surface area (Å²) in [5, 5.41) is 18.4. The fraction of sp³-hybridized carbons (Fsp3) is 0.364. The summed E-state index contributed by atoms with van der Waals surface area (Å²) in [5.74, 6) is -0.855. The number of phenolic OH excluding ortho intramolecular Hbond substituents is 2. The number of hydrogen-bond donors (Lipinski definition) is 3. The molecular formula is C11H15NO4. The molecule has 88 valence electrons. The van der Waals surface area contributed by atoms with Crippen molar-refractivity contribution in [2.24, 2.45) is 5.73 Å². The minimum absolute atomic E-state index is 0.0397. The fourth-order valence-corrected chi connectivity index (χ4v) is 1.29. The van der Waals surface area contributed by atoms with E-state index in [-0.39, 0.29) is 23.9 Å². The number of ether oxygens (including phenoxy) is 1. The maximum atomic E-state index is 11.2. The van der Waals surface area contributed by atoms with Gasteiger partial charge in [0.15, 0.2) is 11.5 Å². The molecule has 0 saturated heterocycles. The number of carbonyl (C=O) groups is 1. The van der Waals surface area contributed by atoms with E-state index in [0.29, 0.717) is 12.2 Å². The second-order valence-electron chi connectivity index (χ2n) is 3.36. The van der Waals surface area contributed by atoms with E-state index < -0.39 is 6.04 Å². The largest absolute Gasteiger partial charge is 0.504 e. The van der Waals surface area contributed by atoms with Crippen molar-refractivity contribution < 1.29 is 19.7 Å². The lowest BCUT2D eigenvalue weighted by Crippen LogP contribution is -2.17. The second-order valence-corrected chi connectivity index (χ2v) is 3.36. The van der Waals surface area contributed by atoms with Crippen LogP contribution in [-0.4, -0.2) is 22.8 Å². The zero-order valence-electron chi connectivity index (χ0n) is 9.01. The van der Waals surface area contributed by atoms with Crippen LogP contribution in [0.4, 0.5) is 0 Å². The van der Waals surface area contributed by atoms with Gasteiger partial charge in [-0.15, -0.1) is 0 Å². The molecule has 0 saturated carbocycles. The number of phenols is 2. The Morgan fingerprint density at radius 3 is 2.69 bits per heavy atom. The lowest BCUT2D eigenvalue weighted by Gasteiger charge is -2.11. The van der Waals surface area contributed by atoms with Crippen molar-refractivity contribution in [3.8, 4) is 11.5 Å². The van der Waals surface area contributed by atoms with Crippen LogP contribution in [0.15, 0.2) is 18.2 Å². The maximum absolute atomic E-state index is 11.2. The highest BCUT2D eigenvalue weighted by Gasteiger charge is 2.13. The number of nitrogens with two attached hydrogens (primary N) is 1. The van der Waals surface area contributed by atoms with Crippen LogP contribution in [0.2, 0.25) is 0 Å². The minimum atomic E-state index is -0.550. The maximum Gasteiger partial charge on any atom is 0.307 e. The molecule has 1 atom stereocenters. The number of hydrogen-bond acceptors (Lipinski definition) is 5. The summed E-state index contributed by atoms with van der Waals surface area (Å²) in [5.41, 5.74) is 6.32. The molecule has 0 bridgehead atoms. The third-order valence-electron chi connectivity index (χ3n) is 2.12. The van der Waals surface area contributed by atoms with Gasteiger partial charge in [-0.25, -0.2) is 0 Å². The highest BCUT2D eigenvalue weighted by atomic mass is 16.5. The first-order chi connectivity index (χ1) is 7.54. The van der Waals surface area contributed by atoms with Crippen LogP contribution >= 0.6 is 0 Å². The van der Waals surface area contributed by atoms with E-state index in [4.69, 9.17) is 15.6 Å². The summed E-state index contributed by atoms with van der Waals surface area (Å²) >= 11 is 0. The molecule has 0 radical (unpaired) electrons. The molecule has 1 rings (SSSR count). The Bertz CT molecular complexity index is 378. The van der Waals surface area contributed by atoms with Gasteiger partial charge >= 0.3 is 5.97 Å². The smallest absolute Gasteiger partial charge is 0.307 e. The first-order valence-corrected chi connectivity index (χ1v) is 4.97. The Morgan fingerprint density at radius 2 is 2.12 bits per heavy atom. The van der Waals surface area contributed by atoms with Gasteiger partial charge in [0.2, 0.25) is 0 Å². The van der Waals surface area contributed by atoms with Gasteiger partial charge in [-0.05, 0) is 24.6 Å². The first-order valence-electron chi connectivity index (χ1n) is 4.97. The van der Waals surface area contributed by atoms with Gasteiger partial charge < -0.3 is 20.7 Å². The molecule has 5 heteroatoms. The molecule has 1 unspecified atom stereocenters. The number of rotatable bonds is 4. The van der Waals surface area contributed by atoms with Gasteiger partial charge in [0, 0.05) is 6.04 Å². The van der Waals surface area contributed by atoms with E-state index in [1.165, 1.54) is 12.1 Å². The molecule has 0 heterocycles. The number of benzene rings is 1. The SMILES string of the molecule is CCOC(=O)CC(N)c1ccc(O)c(O)c1. The third kappa shape index (κ3) is 3.13. The lowest BCUT2D eigenvalue weighted by molar-refractivity contribution is -0.143. The molecule has 0 aliphatic rings. The Hall–Kier alpha value is -1.75. The summed E-state index contributed by atoms with van der Waals surface area (Å²) in [6.07, 6.45) is 0.0397. The number of esters is 1. The Balaban J connectivity index is 2.69. The molecule has 0 aliphatic heterocycles. The van der Waals surface area contributed by atoms with Crippen LogP contribution in [0.3, 0.4) is 0 Å². The molecule has 0 aromatic heterocycles. The van der Waals surface area contributed by atoms with Gasteiger partial charge in [0.1, 0.15) is 0 Å². The van der Waals surface area contributed by atoms with E-state index in [0.717, 1.165) is 0 Å². The highest BCUT2D eigenvalue weighted by Crippen LogP contribution is 2.28. The predicted octanol–water partition coefficient (Wildman–Crippen LogP) is 1.05. The van der Waals surface area contributed by atoms with E-state index in [2.05, 4.69) is 0 Å². The predicted molar refractivity (Wildman–Crippen MR) is 58.0 cm³/mol. The molecule has 0 fully saturated rings.